The Kier molecular flexibility index (Phi) is 5.57. The molecule has 0 amide bonds. The molecular formula is C13H17FIN3O5. The van der Waals surface area contributed by atoms with Gasteiger partial charge in [0, 0.05) is 13.1 Å². The first-order valence-corrected chi connectivity index (χ1v) is 7.80. The van der Waals surface area contributed by atoms with Gasteiger partial charge >= 0.3 is 11.7 Å². The molecule has 0 spiro atoms. The van der Waals surface area contributed by atoms with E-state index in [4.69, 9.17) is 18.3 Å². The molecular weight excluding hydrogens is 424 g/mol. The van der Waals surface area contributed by atoms with E-state index in [1.54, 1.807) is 29.9 Å². The van der Waals surface area contributed by atoms with Gasteiger partial charge in [-0.25, -0.2) is 9.18 Å². The normalized spacial score (nSPS) is 30.3. The molecule has 0 aliphatic carbocycles. The Morgan fingerprint density at radius 2 is 2.35 bits per heavy atom. The average Bonchev–Trinajstić information content (AvgIpc) is 2.74. The van der Waals surface area contributed by atoms with E-state index in [-0.39, 0.29) is 12.4 Å². The summed E-state index contributed by atoms with van der Waals surface area (Å²) < 4.78 is 31.9. The fraction of sp³-hybridized carbons (Fsp3) is 0.615. The number of carbonyl (C=O) groups excluding carboxylic acids is 1. The average molecular weight is 441 g/mol. The molecule has 0 saturated carbocycles. The Labute approximate surface area is 145 Å². The highest BCUT2D eigenvalue weighted by Gasteiger charge is 2.58. The number of anilines is 1. The zero-order valence-corrected chi connectivity index (χ0v) is 14.7. The highest BCUT2D eigenvalue weighted by Crippen LogP contribution is 2.43. The number of esters is 1. The molecule has 8 nitrogen and oxygen atoms in total. The number of alkyl halides is 1. The zero-order valence-electron chi connectivity index (χ0n) is 12.6. The number of carbonyl (C=O) groups is 1. The van der Waals surface area contributed by atoms with Gasteiger partial charge in [0.15, 0.2) is 18.5 Å². The second kappa shape index (κ2) is 7.09. The van der Waals surface area contributed by atoms with Gasteiger partial charge in [-0.3, -0.25) is 9.36 Å². The van der Waals surface area contributed by atoms with Crippen LogP contribution in [-0.4, -0.2) is 40.0 Å². The van der Waals surface area contributed by atoms with Gasteiger partial charge in [-0.1, -0.05) is 6.92 Å². The third kappa shape index (κ3) is 3.48. The fourth-order valence-corrected chi connectivity index (χ4v) is 3.12. The number of nitrogen functional groups attached to an aromatic ring is 1. The third-order valence-electron chi connectivity index (χ3n) is 3.75. The van der Waals surface area contributed by atoms with Crippen molar-refractivity contribution in [2.75, 3.05) is 12.3 Å². The molecule has 1 aromatic heterocycles. The maximum atomic E-state index is 14.9. The van der Waals surface area contributed by atoms with Crippen LogP contribution in [0.5, 0.6) is 0 Å². The molecule has 2 N–H and O–H groups in total. The lowest BCUT2D eigenvalue weighted by atomic mass is 9.93. The predicted molar refractivity (Wildman–Crippen MR) is 86.5 cm³/mol. The number of aromatic nitrogens is 2. The van der Waals surface area contributed by atoms with E-state index >= 15 is 0 Å². The highest BCUT2D eigenvalue weighted by atomic mass is 127. The highest BCUT2D eigenvalue weighted by molar-refractivity contribution is 14.1. The summed E-state index contributed by atoms with van der Waals surface area (Å²) in [6, 6.07) is 1.36. The molecule has 0 radical (unpaired) electrons. The van der Waals surface area contributed by atoms with Crippen LogP contribution in [0.15, 0.2) is 17.1 Å². The summed E-state index contributed by atoms with van der Waals surface area (Å²) in [6.07, 6.45) is -2.63. The first kappa shape index (κ1) is 18.1. The topological polar surface area (TPSA) is 106 Å². The summed E-state index contributed by atoms with van der Waals surface area (Å²) in [5.41, 5.74) is 3.49. The molecule has 1 aliphatic heterocycles. The van der Waals surface area contributed by atoms with Gasteiger partial charge in [0.1, 0.15) is 34.4 Å². The smallest absolute Gasteiger partial charge is 0.351 e. The quantitative estimate of drug-likeness (QED) is 0.540. The monoisotopic (exact) mass is 441 g/mol. The molecule has 1 aliphatic rings. The van der Waals surface area contributed by atoms with Crippen LogP contribution in [0.3, 0.4) is 0 Å². The van der Waals surface area contributed by atoms with Crippen molar-refractivity contribution in [3.8, 4) is 0 Å². The van der Waals surface area contributed by atoms with Crippen LogP contribution in [0, 0.1) is 0 Å². The van der Waals surface area contributed by atoms with Gasteiger partial charge in [0.25, 0.3) is 0 Å². The van der Waals surface area contributed by atoms with Gasteiger partial charge in [0.05, 0.1) is 6.61 Å². The van der Waals surface area contributed by atoms with Crippen LogP contribution < -0.4 is 11.4 Å². The number of rotatable bonds is 5. The Bertz CT molecular complexity index is 642. The molecule has 1 saturated heterocycles. The number of hydrogen-bond acceptors (Lipinski definition) is 7. The van der Waals surface area contributed by atoms with E-state index < -0.39 is 35.8 Å². The molecule has 10 heteroatoms. The lowest BCUT2D eigenvalue weighted by Gasteiger charge is -2.31. The minimum Gasteiger partial charge on any atom is -0.456 e. The van der Waals surface area contributed by atoms with Crippen molar-refractivity contribution >= 4 is 34.8 Å². The molecule has 0 aromatic carbocycles. The lowest BCUT2D eigenvalue weighted by Crippen LogP contribution is -2.47. The van der Waals surface area contributed by atoms with Crippen molar-refractivity contribution in [3.63, 3.8) is 0 Å². The van der Waals surface area contributed by atoms with E-state index in [1.165, 1.54) is 19.2 Å². The number of hydrogen-bond donors (Lipinski definition) is 1. The molecule has 23 heavy (non-hydrogen) atoms. The molecule has 4 atom stereocenters. The van der Waals surface area contributed by atoms with Crippen LogP contribution in [-0.2, 0) is 17.3 Å². The lowest BCUT2D eigenvalue weighted by molar-refractivity contribution is -0.164. The van der Waals surface area contributed by atoms with E-state index in [0.717, 1.165) is 4.57 Å². The zero-order chi connectivity index (χ0) is 17.2. The Morgan fingerprint density at radius 1 is 1.65 bits per heavy atom. The molecule has 2 heterocycles. The van der Waals surface area contributed by atoms with E-state index in [0.29, 0.717) is 6.42 Å². The number of nitrogens with two attached hydrogens (primary N) is 1. The molecule has 2 rings (SSSR count). The minimum atomic E-state index is -1.76. The van der Waals surface area contributed by atoms with Crippen LogP contribution in [0.4, 0.5) is 10.2 Å². The van der Waals surface area contributed by atoms with Crippen LogP contribution in [0.1, 0.15) is 26.5 Å². The van der Waals surface area contributed by atoms with Crippen LogP contribution >= 0.6 is 23.0 Å². The van der Waals surface area contributed by atoms with E-state index in [9.17, 15) is 14.0 Å². The Morgan fingerprint density at radius 3 is 2.87 bits per heavy atom. The van der Waals surface area contributed by atoms with Gasteiger partial charge in [0.2, 0.25) is 0 Å². The second-order valence-corrected chi connectivity index (χ2v) is 5.82. The van der Waals surface area contributed by atoms with Gasteiger partial charge in [-0.2, -0.15) is 4.98 Å². The second-order valence-electron chi connectivity index (χ2n) is 5.20. The largest absolute Gasteiger partial charge is 0.456 e. The van der Waals surface area contributed by atoms with Crippen molar-refractivity contribution in [2.24, 2.45) is 0 Å². The van der Waals surface area contributed by atoms with Crippen molar-refractivity contribution < 1.29 is 21.7 Å². The van der Waals surface area contributed by atoms with Gasteiger partial charge < -0.3 is 18.3 Å². The molecule has 128 valence electrons. The van der Waals surface area contributed by atoms with E-state index in [2.05, 4.69) is 4.98 Å². The van der Waals surface area contributed by atoms with Crippen LogP contribution in [0.25, 0.3) is 0 Å². The summed E-state index contributed by atoms with van der Waals surface area (Å²) in [6.45, 7) is 2.93. The van der Waals surface area contributed by atoms with Gasteiger partial charge in [-0.05, 0) is 12.5 Å². The number of halogens is 2. The molecule has 0 bridgehead atoms. The fourth-order valence-electron chi connectivity index (χ4n) is 2.59. The summed E-state index contributed by atoms with van der Waals surface area (Å²) >= 11 is 1.65. The van der Waals surface area contributed by atoms with Crippen molar-refractivity contribution in [3.05, 3.63) is 22.7 Å². The first-order chi connectivity index (χ1) is 10.8. The molecule has 1 aromatic rings. The first-order valence-electron chi connectivity index (χ1n) is 6.92. The summed E-state index contributed by atoms with van der Waals surface area (Å²) in [4.78, 5) is 26.8. The maximum absolute atomic E-state index is 14.9. The van der Waals surface area contributed by atoms with E-state index in [1.807, 2.05) is 0 Å². The Balaban J connectivity index is 2.43. The standard InChI is InChI=1S/C13H17FIN3O5/c1-3-13(6-21-15)10(22-7(2)19)9(14)11(23-13)18-5-4-8(16)17-12(18)20/h4-5,9-11H,3,6H2,1-2H3,(H2,16,17,20)/t9-,10+,11?,13-/m1/s1. The summed E-state index contributed by atoms with van der Waals surface area (Å²) in [7, 11) is 0. The maximum Gasteiger partial charge on any atom is 0.351 e. The van der Waals surface area contributed by atoms with Crippen molar-refractivity contribution in [1.82, 2.24) is 9.55 Å². The number of nitrogens with zero attached hydrogens (tertiary/aromatic N) is 2. The van der Waals surface area contributed by atoms with Gasteiger partial charge in [-0.15, -0.1) is 0 Å². The summed E-state index contributed by atoms with van der Waals surface area (Å²) in [5, 5.41) is 0. The SMILES string of the molecule is CC[C@]1(COI)OC(n2ccc(N)nc2=O)[C@H](F)[C@@H]1OC(C)=O. The molecule has 1 fully saturated rings. The molecule has 1 unspecified atom stereocenters. The minimum absolute atomic E-state index is 0.00389. The number of ether oxygens (including phenoxy) is 2. The summed E-state index contributed by atoms with van der Waals surface area (Å²) in [5.74, 6) is -0.621. The Hall–Kier alpha value is -1.27. The van der Waals surface area contributed by atoms with Crippen molar-refractivity contribution in [1.29, 1.82) is 0 Å². The van der Waals surface area contributed by atoms with Crippen molar-refractivity contribution in [2.45, 2.75) is 44.4 Å². The van der Waals surface area contributed by atoms with Crippen LogP contribution in [0.2, 0.25) is 0 Å². The predicted octanol–water partition coefficient (Wildman–Crippen LogP) is 1.14. The third-order valence-corrected chi connectivity index (χ3v) is 4.06.